The van der Waals surface area contributed by atoms with Crippen LogP contribution in [0.4, 0.5) is 5.69 Å². The van der Waals surface area contributed by atoms with Gasteiger partial charge in [-0.15, -0.1) is 0 Å². The highest BCUT2D eigenvalue weighted by atomic mass is 32.2. The summed E-state index contributed by atoms with van der Waals surface area (Å²) in [5, 5.41) is 3.25. The fourth-order valence-electron chi connectivity index (χ4n) is 3.06. The Balaban J connectivity index is 1.94. The van der Waals surface area contributed by atoms with Crippen molar-refractivity contribution in [3.8, 4) is 0 Å². The maximum atomic E-state index is 12.9. The molecule has 5 nitrogen and oxygen atoms in total. The molecule has 1 unspecified atom stereocenters. The van der Waals surface area contributed by atoms with E-state index in [2.05, 4.69) is 5.32 Å². The van der Waals surface area contributed by atoms with Gasteiger partial charge in [-0.25, -0.2) is 0 Å². The molecule has 0 amide bonds. The number of para-hydroxylation sites is 1. The van der Waals surface area contributed by atoms with Crippen molar-refractivity contribution in [1.82, 2.24) is 9.62 Å². The lowest BCUT2D eigenvalue weighted by molar-refractivity contribution is 0.426. The fraction of sp³-hybridized carbons (Fsp3) is 0.571. The molecule has 2 aliphatic rings. The monoisotopic (exact) mass is 295 g/mol. The first-order valence-electron chi connectivity index (χ1n) is 7.19. The van der Waals surface area contributed by atoms with Gasteiger partial charge in [-0.2, -0.15) is 12.7 Å². The summed E-state index contributed by atoms with van der Waals surface area (Å²) < 4.78 is 29.1. The van der Waals surface area contributed by atoms with Gasteiger partial charge in [-0.05, 0) is 37.9 Å². The first-order chi connectivity index (χ1) is 9.60. The van der Waals surface area contributed by atoms with Gasteiger partial charge < -0.3 is 5.32 Å². The third-order valence-electron chi connectivity index (χ3n) is 4.02. The lowest BCUT2D eigenvalue weighted by atomic mass is 10.1. The Morgan fingerprint density at radius 1 is 1.20 bits per heavy atom. The van der Waals surface area contributed by atoms with Crippen LogP contribution in [0, 0.1) is 0 Å². The summed E-state index contributed by atoms with van der Waals surface area (Å²) in [6, 6.07) is 7.80. The molecular weight excluding hydrogens is 274 g/mol. The zero-order valence-electron chi connectivity index (χ0n) is 11.7. The summed E-state index contributed by atoms with van der Waals surface area (Å²) >= 11 is 0. The lowest BCUT2D eigenvalue weighted by Crippen LogP contribution is -2.47. The van der Waals surface area contributed by atoms with E-state index in [0.717, 1.165) is 37.2 Å². The summed E-state index contributed by atoms with van der Waals surface area (Å²) in [6.07, 6.45) is 1.66. The third-order valence-corrected chi connectivity index (χ3v) is 6.09. The van der Waals surface area contributed by atoms with Gasteiger partial charge in [0.05, 0.1) is 5.69 Å². The Morgan fingerprint density at radius 3 is 2.85 bits per heavy atom. The van der Waals surface area contributed by atoms with E-state index in [-0.39, 0.29) is 6.04 Å². The Bertz CT molecular complexity index is 580. The van der Waals surface area contributed by atoms with Crippen LogP contribution in [0.5, 0.6) is 0 Å². The van der Waals surface area contributed by atoms with Crippen LogP contribution >= 0.6 is 0 Å². The number of hydrogen-bond donors (Lipinski definition) is 1. The molecule has 3 rings (SSSR count). The van der Waals surface area contributed by atoms with Crippen LogP contribution in [-0.4, -0.2) is 44.9 Å². The Hall–Kier alpha value is -1.11. The highest BCUT2D eigenvalue weighted by Crippen LogP contribution is 2.35. The second-order valence-electron chi connectivity index (χ2n) is 5.49. The molecule has 110 valence electrons. The molecule has 1 aromatic rings. The lowest BCUT2D eigenvalue weighted by Gasteiger charge is -2.30. The van der Waals surface area contributed by atoms with Gasteiger partial charge in [-0.3, -0.25) is 4.31 Å². The first-order valence-corrected chi connectivity index (χ1v) is 8.58. The van der Waals surface area contributed by atoms with Crippen molar-refractivity contribution in [3.05, 3.63) is 29.8 Å². The van der Waals surface area contributed by atoms with E-state index < -0.39 is 10.2 Å². The zero-order valence-corrected chi connectivity index (χ0v) is 12.6. The predicted molar refractivity (Wildman–Crippen MR) is 80.1 cm³/mol. The standard InChI is InChI=1S/C14H21N3O2S/c1-12-11-13-5-2-3-6-14(13)17(12)20(18,19)16-9-4-7-15-8-10-16/h2-3,5-6,12,15H,4,7-11H2,1H3. The molecule has 2 aliphatic heterocycles. The van der Waals surface area contributed by atoms with Gasteiger partial charge in [0, 0.05) is 25.7 Å². The topological polar surface area (TPSA) is 52.7 Å². The molecule has 1 N–H and O–H groups in total. The smallest absolute Gasteiger partial charge is 0.304 e. The maximum Gasteiger partial charge on any atom is 0.304 e. The van der Waals surface area contributed by atoms with Gasteiger partial charge >= 0.3 is 10.2 Å². The first kappa shape index (κ1) is 13.9. The minimum Gasteiger partial charge on any atom is -0.315 e. The number of hydrogen-bond acceptors (Lipinski definition) is 3. The summed E-state index contributed by atoms with van der Waals surface area (Å²) in [7, 11) is -3.42. The number of nitrogens with zero attached hydrogens (tertiary/aromatic N) is 2. The molecule has 0 spiro atoms. The molecule has 1 saturated heterocycles. The Kier molecular flexibility index (Phi) is 3.70. The molecule has 1 fully saturated rings. The molecule has 0 radical (unpaired) electrons. The van der Waals surface area contributed by atoms with Gasteiger partial charge in [0.1, 0.15) is 0 Å². The molecule has 0 saturated carbocycles. The van der Waals surface area contributed by atoms with Crippen molar-refractivity contribution in [2.45, 2.75) is 25.8 Å². The van der Waals surface area contributed by atoms with E-state index in [0.29, 0.717) is 13.1 Å². The van der Waals surface area contributed by atoms with Gasteiger partial charge in [-0.1, -0.05) is 18.2 Å². The van der Waals surface area contributed by atoms with E-state index in [4.69, 9.17) is 0 Å². The third kappa shape index (κ3) is 2.32. The van der Waals surface area contributed by atoms with E-state index in [1.54, 1.807) is 8.61 Å². The van der Waals surface area contributed by atoms with E-state index in [9.17, 15) is 8.42 Å². The quantitative estimate of drug-likeness (QED) is 0.885. The van der Waals surface area contributed by atoms with Crippen molar-refractivity contribution in [2.24, 2.45) is 0 Å². The van der Waals surface area contributed by atoms with E-state index in [1.807, 2.05) is 31.2 Å². The average Bonchev–Trinajstić information content (AvgIpc) is 2.61. The van der Waals surface area contributed by atoms with Crippen molar-refractivity contribution < 1.29 is 8.42 Å². The summed E-state index contributed by atoms with van der Waals surface area (Å²) in [5.41, 5.74) is 1.97. The van der Waals surface area contributed by atoms with E-state index in [1.165, 1.54) is 0 Å². The van der Waals surface area contributed by atoms with Gasteiger partial charge in [0.25, 0.3) is 0 Å². The second kappa shape index (κ2) is 5.35. The summed E-state index contributed by atoms with van der Waals surface area (Å²) in [6.45, 7) is 4.74. The van der Waals surface area contributed by atoms with Crippen LogP contribution in [0.25, 0.3) is 0 Å². The van der Waals surface area contributed by atoms with Crippen LogP contribution < -0.4 is 9.62 Å². The Labute approximate surface area is 120 Å². The molecule has 0 bridgehead atoms. The molecular formula is C14H21N3O2S. The van der Waals surface area contributed by atoms with Gasteiger partial charge in [0.15, 0.2) is 0 Å². The van der Waals surface area contributed by atoms with Crippen LogP contribution in [0.2, 0.25) is 0 Å². The van der Waals surface area contributed by atoms with Gasteiger partial charge in [0.2, 0.25) is 0 Å². The largest absolute Gasteiger partial charge is 0.315 e. The fourth-order valence-corrected chi connectivity index (χ4v) is 4.95. The molecule has 20 heavy (non-hydrogen) atoms. The summed E-state index contributed by atoms with van der Waals surface area (Å²) in [4.78, 5) is 0. The van der Waals surface area contributed by atoms with Crippen LogP contribution in [0.1, 0.15) is 18.9 Å². The number of benzene rings is 1. The minimum absolute atomic E-state index is 0.00591. The molecule has 1 aromatic carbocycles. The maximum absolute atomic E-state index is 12.9. The van der Waals surface area contributed by atoms with E-state index >= 15 is 0 Å². The number of fused-ring (bicyclic) bond motifs is 1. The Morgan fingerprint density at radius 2 is 2.00 bits per heavy atom. The van der Waals surface area contributed by atoms with Crippen molar-refractivity contribution in [2.75, 3.05) is 30.5 Å². The highest BCUT2D eigenvalue weighted by molar-refractivity contribution is 7.90. The van der Waals surface area contributed by atoms with Crippen LogP contribution in [0.3, 0.4) is 0 Å². The van der Waals surface area contributed by atoms with Crippen molar-refractivity contribution in [3.63, 3.8) is 0 Å². The summed E-state index contributed by atoms with van der Waals surface area (Å²) in [5.74, 6) is 0. The average molecular weight is 295 g/mol. The van der Waals surface area contributed by atoms with Crippen molar-refractivity contribution >= 4 is 15.9 Å². The SMILES string of the molecule is CC1Cc2ccccc2N1S(=O)(=O)N1CCCNCC1. The number of anilines is 1. The second-order valence-corrected chi connectivity index (χ2v) is 7.29. The molecule has 6 heteroatoms. The number of rotatable bonds is 2. The molecule has 0 aromatic heterocycles. The predicted octanol–water partition coefficient (Wildman–Crippen LogP) is 0.978. The van der Waals surface area contributed by atoms with Crippen molar-refractivity contribution in [1.29, 1.82) is 0 Å². The normalized spacial score (nSPS) is 24.4. The zero-order chi connectivity index (χ0) is 14.2. The molecule has 1 atom stereocenters. The minimum atomic E-state index is -3.42. The highest BCUT2D eigenvalue weighted by Gasteiger charge is 2.38. The molecule has 0 aliphatic carbocycles. The number of nitrogens with one attached hydrogen (secondary N) is 1. The molecule has 2 heterocycles. The van der Waals surface area contributed by atoms with Crippen LogP contribution in [-0.2, 0) is 16.6 Å². The van der Waals surface area contributed by atoms with Crippen LogP contribution in [0.15, 0.2) is 24.3 Å².